The second kappa shape index (κ2) is 5.77. The monoisotopic (exact) mass is 260 g/mol. The number of nitrogens with one attached hydrogen (secondary N) is 1. The zero-order valence-corrected chi connectivity index (χ0v) is 9.87. The Labute approximate surface area is 103 Å². The van der Waals surface area contributed by atoms with Crippen molar-refractivity contribution >= 4 is 34.7 Å². The van der Waals surface area contributed by atoms with E-state index in [1.807, 2.05) is 0 Å². The molecule has 0 bridgehead atoms. The van der Waals surface area contributed by atoms with Crippen molar-refractivity contribution < 1.29 is 9.18 Å². The minimum atomic E-state index is -0.486. The highest BCUT2D eigenvalue weighted by molar-refractivity contribution is 7.80. The summed E-state index contributed by atoms with van der Waals surface area (Å²) >= 11 is 10.2. The van der Waals surface area contributed by atoms with Crippen molar-refractivity contribution in [1.29, 1.82) is 0 Å². The highest BCUT2D eigenvalue weighted by atomic mass is 35.5. The lowest BCUT2D eigenvalue weighted by atomic mass is 10.2. The highest BCUT2D eigenvalue weighted by Gasteiger charge is 2.04. The molecule has 0 unspecified atom stereocenters. The molecule has 16 heavy (non-hydrogen) atoms. The fourth-order valence-electron chi connectivity index (χ4n) is 1.07. The Morgan fingerprint density at radius 2 is 2.25 bits per heavy atom. The van der Waals surface area contributed by atoms with Crippen molar-refractivity contribution in [2.45, 2.75) is 13.0 Å². The Hall–Kier alpha value is -1.20. The van der Waals surface area contributed by atoms with E-state index in [1.54, 1.807) is 6.07 Å². The third-order valence-electron chi connectivity index (χ3n) is 1.81. The van der Waals surface area contributed by atoms with E-state index in [1.165, 1.54) is 12.1 Å². The fourth-order valence-corrected chi connectivity index (χ4v) is 1.41. The van der Waals surface area contributed by atoms with E-state index in [0.29, 0.717) is 5.56 Å². The molecule has 0 aliphatic carbocycles. The molecule has 0 aliphatic heterocycles. The summed E-state index contributed by atoms with van der Waals surface area (Å²) in [5, 5.41) is 2.62. The summed E-state index contributed by atoms with van der Waals surface area (Å²) in [6, 6.07) is 4.25. The molecule has 0 aromatic heterocycles. The van der Waals surface area contributed by atoms with Crippen LogP contribution in [0.15, 0.2) is 18.2 Å². The molecule has 1 rings (SSSR count). The Kier molecular flexibility index (Phi) is 4.64. The molecule has 0 spiro atoms. The second-order valence-electron chi connectivity index (χ2n) is 3.17. The summed E-state index contributed by atoms with van der Waals surface area (Å²) < 4.78 is 12.8. The van der Waals surface area contributed by atoms with Crippen LogP contribution in [0.5, 0.6) is 0 Å². The van der Waals surface area contributed by atoms with Gasteiger partial charge >= 0.3 is 0 Å². The predicted octanol–water partition coefficient (Wildman–Crippen LogP) is 1.77. The third-order valence-corrected chi connectivity index (χ3v) is 2.24. The molecule has 1 amide bonds. The van der Waals surface area contributed by atoms with Gasteiger partial charge in [-0.2, -0.15) is 0 Å². The summed E-state index contributed by atoms with van der Waals surface area (Å²) in [5.41, 5.74) is 5.92. The zero-order chi connectivity index (χ0) is 12.1. The first-order chi connectivity index (χ1) is 7.49. The number of hydrogen-bond donors (Lipinski definition) is 2. The van der Waals surface area contributed by atoms with Gasteiger partial charge < -0.3 is 11.1 Å². The van der Waals surface area contributed by atoms with Gasteiger partial charge in [-0.1, -0.05) is 29.9 Å². The van der Waals surface area contributed by atoms with Crippen LogP contribution in [0.4, 0.5) is 4.39 Å². The molecule has 0 aliphatic rings. The van der Waals surface area contributed by atoms with Gasteiger partial charge in [-0.15, -0.1) is 0 Å². The number of thiocarbonyl (C=S) groups is 1. The lowest BCUT2D eigenvalue weighted by Crippen LogP contribution is -2.27. The molecule has 0 radical (unpaired) electrons. The first kappa shape index (κ1) is 12.9. The maximum atomic E-state index is 12.8. The maximum Gasteiger partial charge on any atom is 0.227 e. The number of carbonyl (C=O) groups is 1. The van der Waals surface area contributed by atoms with E-state index < -0.39 is 5.82 Å². The fraction of sp³-hybridized carbons (Fsp3) is 0.200. The van der Waals surface area contributed by atoms with E-state index in [9.17, 15) is 9.18 Å². The van der Waals surface area contributed by atoms with Gasteiger partial charge in [-0.05, 0) is 17.7 Å². The van der Waals surface area contributed by atoms with Gasteiger partial charge in [0, 0.05) is 6.54 Å². The molecule has 0 fully saturated rings. The maximum absolute atomic E-state index is 12.8. The summed E-state index contributed by atoms with van der Waals surface area (Å²) in [6.07, 6.45) is 0.00423. The largest absolute Gasteiger partial charge is 0.393 e. The Bertz CT molecular complexity index is 425. The summed E-state index contributed by atoms with van der Waals surface area (Å²) in [7, 11) is 0. The van der Waals surface area contributed by atoms with Gasteiger partial charge in [-0.3, -0.25) is 4.79 Å². The number of rotatable bonds is 4. The van der Waals surface area contributed by atoms with E-state index in [2.05, 4.69) is 17.5 Å². The molecule has 1 aromatic carbocycles. The van der Waals surface area contributed by atoms with Gasteiger partial charge in [0.1, 0.15) is 5.82 Å². The van der Waals surface area contributed by atoms with Gasteiger partial charge in [0.25, 0.3) is 0 Å². The summed E-state index contributed by atoms with van der Waals surface area (Å²) in [6.45, 7) is 0.265. The summed E-state index contributed by atoms with van der Waals surface area (Å²) in [4.78, 5) is 11.3. The molecule has 86 valence electrons. The summed E-state index contributed by atoms with van der Waals surface area (Å²) in [5.74, 6) is -0.757. The van der Waals surface area contributed by atoms with Crippen LogP contribution in [0.2, 0.25) is 5.02 Å². The first-order valence-corrected chi connectivity index (χ1v) is 5.26. The molecule has 3 nitrogen and oxygen atoms in total. The minimum absolute atomic E-state index is 0.00423. The topological polar surface area (TPSA) is 55.1 Å². The van der Waals surface area contributed by atoms with Crippen molar-refractivity contribution in [3.63, 3.8) is 0 Å². The van der Waals surface area contributed by atoms with Gasteiger partial charge in [0.2, 0.25) is 5.91 Å². The van der Waals surface area contributed by atoms with Crippen LogP contribution in [0, 0.1) is 5.82 Å². The molecule has 0 atom stereocenters. The Morgan fingerprint density at radius 3 is 2.81 bits per heavy atom. The predicted molar refractivity (Wildman–Crippen MR) is 64.7 cm³/mol. The van der Waals surface area contributed by atoms with Crippen LogP contribution < -0.4 is 11.1 Å². The van der Waals surface area contributed by atoms with E-state index in [0.717, 1.165) is 0 Å². The van der Waals surface area contributed by atoms with Gasteiger partial charge in [-0.25, -0.2) is 4.39 Å². The lowest BCUT2D eigenvalue weighted by Gasteiger charge is -2.05. The lowest BCUT2D eigenvalue weighted by molar-refractivity contribution is -0.120. The van der Waals surface area contributed by atoms with Crippen LogP contribution in [0.25, 0.3) is 0 Å². The Balaban J connectivity index is 2.51. The van der Waals surface area contributed by atoms with Crippen molar-refractivity contribution in [2.24, 2.45) is 5.73 Å². The molecule has 0 saturated carbocycles. The molecule has 0 heterocycles. The van der Waals surface area contributed by atoms with Gasteiger partial charge in [0.15, 0.2) is 0 Å². The van der Waals surface area contributed by atoms with Crippen LogP contribution >= 0.6 is 23.8 Å². The van der Waals surface area contributed by atoms with Gasteiger partial charge in [0.05, 0.1) is 16.4 Å². The van der Waals surface area contributed by atoms with Crippen LogP contribution in [0.3, 0.4) is 0 Å². The molecular formula is C10H10ClFN2OS. The standard InChI is InChI=1S/C10H10ClFN2OS/c11-7-3-6(1-2-8(7)12)5-14-10(15)4-9(13)16/h1-3H,4-5H2,(H2,13,16)(H,14,15). The van der Waals surface area contributed by atoms with E-state index in [-0.39, 0.29) is 28.9 Å². The number of amides is 1. The number of halogens is 2. The van der Waals surface area contributed by atoms with E-state index in [4.69, 9.17) is 17.3 Å². The second-order valence-corrected chi connectivity index (χ2v) is 4.10. The first-order valence-electron chi connectivity index (χ1n) is 4.48. The molecule has 0 saturated heterocycles. The molecular weight excluding hydrogens is 251 g/mol. The van der Waals surface area contributed by atoms with E-state index >= 15 is 0 Å². The zero-order valence-electron chi connectivity index (χ0n) is 8.30. The number of carbonyl (C=O) groups excluding carboxylic acids is 1. The molecule has 3 N–H and O–H groups in total. The third kappa shape index (κ3) is 4.12. The molecule has 1 aromatic rings. The SMILES string of the molecule is NC(=S)CC(=O)NCc1ccc(F)c(Cl)c1. The molecule has 6 heteroatoms. The van der Waals surface area contributed by atoms with Crippen LogP contribution in [-0.2, 0) is 11.3 Å². The van der Waals surface area contributed by atoms with Crippen molar-refractivity contribution in [3.8, 4) is 0 Å². The minimum Gasteiger partial charge on any atom is -0.393 e. The quantitative estimate of drug-likeness (QED) is 0.812. The smallest absolute Gasteiger partial charge is 0.227 e. The number of hydrogen-bond acceptors (Lipinski definition) is 2. The number of benzene rings is 1. The highest BCUT2D eigenvalue weighted by Crippen LogP contribution is 2.15. The van der Waals surface area contributed by atoms with Crippen LogP contribution in [-0.4, -0.2) is 10.9 Å². The Morgan fingerprint density at radius 1 is 1.56 bits per heavy atom. The van der Waals surface area contributed by atoms with Crippen molar-refractivity contribution in [1.82, 2.24) is 5.32 Å². The average Bonchev–Trinajstić information content (AvgIpc) is 2.19. The number of nitrogens with two attached hydrogens (primary N) is 1. The van der Waals surface area contributed by atoms with Crippen LogP contribution in [0.1, 0.15) is 12.0 Å². The van der Waals surface area contributed by atoms with Crippen molar-refractivity contribution in [2.75, 3.05) is 0 Å². The van der Waals surface area contributed by atoms with Crippen molar-refractivity contribution in [3.05, 3.63) is 34.6 Å². The normalized spacial score (nSPS) is 9.88. The average molecular weight is 261 g/mol.